The number of rotatable bonds is 1. The molecule has 0 fully saturated rings. The minimum absolute atomic E-state index is 0.0942. The van der Waals surface area contributed by atoms with Crippen molar-refractivity contribution in [1.29, 1.82) is 0 Å². The van der Waals surface area contributed by atoms with Gasteiger partial charge in [-0.15, -0.1) is 0 Å². The Morgan fingerprint density at radius 3 is 2.82 bits per heavy atom. The second-order valence-corrected chi connectivity index (χ2v) is 3.01. The first-order chi connectivity index (χ1) is 5.11. The van der Waals surface area contributed by atoms with Crippen molar-refractivity contribution < 1.29 is 13.2 Å². The minimum atomic E-state index is -2.39. The average molecular weight is 196 g/mol. The minimum Gasteiger partial charge on any atom is -0.301 e. The van der Waals surface area contributed by atoms with Gasteiger partial charge in [0, 0.05) is 6.20 Å². The second-order valence-electron chi connectivity index (χ2n) is 1.69. The number of pyridine rings is 1. The number of hydrogen-bond acceptors (Lipinski definition) is 2. The van der Waals surface area contributed by atoms with E-state index in [-0.39, 0.29) is 5.02 Å². The van der Waals surface area contributed by atoms with Gasteiger partial charge in [0.2, 0.25) is 11.1 Å². The summed E-state index contributed by atoms with van der Waals surface area (Å²) in [4.78, 5) is 3.32. The smallest absolute Gasteiger partial charge is 0.208 e. The summed E-state index contributed by atoms with van der Waals surface area (Å²) in [6.45, 7) is 0. The molecule has 0 aromatic carbocycles. The molecule has 0 saturated heterocycles. The van der Waals surface area contributed by atoms with E-state index in [0.29, 0.717) is 0 Å². The number of aromatic nitrogens is 1. The quantitative estimate of drug-likeness (QED) is 0.691. The lowest BCUT2D eigenvalue weighted by atomic mass is 10.5. The maximum Gasteiger partial charge on any atom is 0.208 e. The maximum absolute atomic E-state index is 12.6. The fraction of sp³-hybridized carbons (Fsp3) is 0. The molecule has 0 saturated carbocycles. The Morgan fingerprint density at radius 2 is 2.36 bits per heavy atom. The molecule has 1 aromatic rings. The molecule has 0 radical (unpaired) electrons. The van der Waals surface area contributed by atoms with Crippen LogP contribution in [-0.2, 0) is 11.1 Å². The zero-order valence-corrected chi connectivity index (χ0v) is 6.69. The predicted molar refractivity (Wildman–Crippen MR) is 38.2 cm³/mol. The van der Waals surface area contributed by atoms with Crippen LogP contribution in [0.3, 0.4) is 0 Å². The summed E-state index contributed by atoms with van der Waals surface area (Å²) < 4.78 is 31.3. The van der Waals surface area contributed by atoms with Crippen molar-refractivity contribution in [1.82, 2.24) is 4.98 Å². The summed E-state index contributed by atoms with van der Waals surface area (Å²) in [6, 6.07) is 0.929. The van der Waals surface area contributed by atoms with Gasteiger partial charge in [0.1, 0.15) is 0 Å². The van der Waals surface area contributed by atoms with E-state index < -0.39 is 21.9 Å². The molecule has 1 atom stereocenters. The van der Waals surface area contributed by atoms with E-state index in [4.69, 9.17) is 16.2 Å². The van der Waals surface area contributed by atoms with Crippen LogP contribution in [0.5, 0.6) is 0 Å². The number of nitrogens with zero attached hydrogens (tertiary/aromatic N) is 1. The van der Waals surface area contributed by atoms with Crippen LogP contribution in [0.2, 0.25) is 5.02 Å². The maximum atomic E-state index is 12.6. The summed E-state index contributed by atoms with van der Waals surface area (Å²) in [7, 11) is 0. The summed E-state index contributed by atoms with van der Waals surface area (Å²) in [5, 5.41) is -0.411. The molecule has 6 heteroatoms. The van der Waals surface area contributed by atoms with E-state index in [2.05, 4.69) is 4.98 Å². The van der Waals surface area contributed by atoms with Gasteiger partial charge in [-0.05, 0) is 6.07 Å². The lowest BCUT2D eigenvalue weighted by Crippen LogP contribution is -1.96. The largest absolute Gasteiger partial charge is 0.301 e. The Hall–Kier alpha value is -0.520. The Kier molecular flexibility index (Phi) is 2.53. The Labute approximate surface area is 69.5 Å². The standard InChI is InChI=1S/C5H3ClFNO2S/c6-3-1-4(7)5(8-2-3)11(9)10/h1-2H,(H,9,10). The van der Waals surface area contributed by atoms with Crippen molar-refractivity contribution in [3.63, 3.8) is 0 Å². The number of hydrogen-bond donors (Lipinski definition) is 1. The van der Waals surface area contributed by atoms with Gasteiger partial charge in [-0.3, -0.25) is 0 Å². The van der Waals surface area contributed by atoms with E-state index in [1.807, 2.05) is 0 Å². The topological polar surface area (TPSA) is 50.2 Å². The van der Waals surface area contributed by atoms with Gasteiger partial charge in [0.25, 0.3) is 0 Å². The first-order valence-corrected chi connectivity index (χ1v) is 4.01. The molecule has 11 heavy (non-hydrogen) atoms. The Balaban J connectivity index is 3.20. The van der Waals surface area contributed by atoms with Crippen molar-refractivity contribution in [2.24, 2.45) is 0 Å². The molecule has 1 unspecified atom stereocenters. The van der Waals surface area contributed by atoms with E-state index >= 15 is 0 Å². The van der Waals surface area contributed by atoms with Crippen molar-refractivity contribution in [2.75, 3.05) is 0 Å². The molecule has 0 aliphatic rings. The molecule has 60 valence electrons. The molecule has 0 aliphatic carbocycles. The van der Waals surface area contributed by atoms with Crippen LogP contribution in [0, 0.1) is 5.82 Å². The summed E-state index contributed by atoms with van der Waals surface area (Å²) in [5.74, 6) is -0.877. The highest BCUT2D eigenvalue weighted by molar-refractivity contribution is 7.79. The van der Waals surface area contributed by atoms with Crippen molar-refractivity contribution in [3.05, 3.63) is 23.1 Å². The Bertz CT molecular complexity index is 307. The van der Waals surface area contributed by atoms with Gasteiger partial charge in [-0.1, -0.05) is 11.6 Å². The van der Waals surface area contributed by atoms with Crippen molar-refractivity contribution >= 4 is 22.7 Å². The van der Waals surface area contributed by atoms with Crippen LogP contribution >= 0.6 is 11.6 Å². The predicted octanol–water partition coefficient (Wildman–Crippen LogP) is 1.45. The third-order valence-corrected chi connectivity index (χ3v) is 1.78. The molecule has 1 rings (SSSR count). The highest BCUT2D eigenvalue weighted by Gasteiger charge is 2.09. The van der Waals surface area contributed by atoms with Gasteiger partial charge in [-0.25, -0.2) is 13.6 Å². The van der Waals surface area contributed by atoms with Crippen molar-refractivity contribution in [2.45, 2.75) is 5.03 Å². The van der Waals surface area contributed by atoms with Crippen LogP contribution in [0.1, 0.15) is 0 Å². The van der Waals surface area contributed by atoms with E-state index in [1.54, 1.807) is 0 Å². The van der Waals surface area contributed by atoms with Crippen LogP contribution in [0.25, 0.3) is 0 Å². The molecule has 0 spiro atoms. The van der Waals surface area contributed by atoms with Crippen molar-refractivity contribution in [3.8, 4) is 0 Å². The number of halogens is 2. The van der Waals surface area contributed by atoms with Gasteiger partial charge in [0.05, 0.1) is 5.02 Å². The van der Waals surface area contributed by atoms with Crippen LogP contribution in [0.15, 0.2) is 17.3 Å². The normalized spacial score (nSPS) is 13.0. The molecule has 0 bridgehead atoms. The van der Waals surface area contributed by atoms with Gasteiger partial charge in [-0.2, -0.15) is 0 Å². The van der Waals surface area contributed by atoms with E-state index in [9.17, 15) is 8.60 Å². The fourth-order valence-electron chi connectivity index (χ4n) is 0.531. The molecule has 0 amide bonds. The van der Waals surface area contributed by atoms with E-state index in [0.717, 1.165) is 12.3 Å². The monoisotopic (exact) mass is 195 g/mol. The summed E-state index contributed by atoms with van der Waals surface area (Å²) >= 11 is 2.94. The zero-order chi connectivity index (χ0) is 8.43. The first-order valence-electron chi connectivity index (χ1n) is 2.53. The van der Waals surface area contributed by atoms with Gasteiger partial charge in [0.15, 0.2) is 10.8 Å². The Morgan fingerprint density at radius 1 is 1.73 bits per heavy atom. The third-order valence-electron chi connectivity index (χ3n) is 0.939. The summed E-state index contributed by atoms with van der Waals surface area (Å²) in [5.41, 5.74) is 0. The molecular formula is C5H3ClFNO2S. The van der Waals surface area contributed by atoms with Gasteiger partial charge < -0.3 is 4.55 Å². The summed E-state index contributed by atoms with van der Waals surface area (Å²) in [6.07, 6.45) is 1.11. The van der Waals surface area contributed by atoms with Gasteiger partial charge >= 0.3 is 0 Å². The average Bonchev–Trinajstić information content (AvgIpc) is 1.85. The lowest BCUT2D eigenvalue weighted by molar-refractivity contribution is 0.533. The highest BCUT2D eigenvalue weighted by atomic mass is 35.5. The van der Waals surface area contributed by atoms with Crippen LogP contribution in [0.4, 0.5) is 4.39 Å². The highest BCUT2D eigenvalue weighted by Crippen LogP contribution is 2.13. The molecule has 1 aromatic heterocycles. The third kappa shape index (κ3) is 1.95. The fourth-order valence-corrected chi connectivity index (χ4v) is 1.04. The molecule has 1 heterocycles. The second kappa shape index (κ2) is 3.25. The zero-order valence-electron chi connectivity index (χ0n) is 5.12. The lowest BCUT2D eigenvalue weighted by Gasteiger charge is -1.95. The SMILES string of the molecule is O=S(O)c1ncc(Cl)cc1F. The molecule has 1 N–H and O–H groups in total. The van der Waals surface area contributed by atoms with Crippen LogP contribution < -0.4 is 0 Å². The van der Waals surface area contributed by atoms with Crippen LogP contribution in [-0.4, -0.2) is 13.7 Å². The molecular weight excluding hydrogens is 193 g/mol. The first kappa shape index (κ1) is 8.58. The van der Waals surface area contributed by atoms with E-state index in [1.165, 1.54) is 0 Å². The molecule has 0 aliphatic heterocycles. The molecule has 3 nitrogen and oxygen atoms in total.